The zero-order chi connectivity index (χ0) is 14.2. The number of hydrogen-bond acceptors (Lipinski definition) is 3. The third-order valence-electron chi connectivity index (χ3n) is 3.12. The summed E-state index contributed by atoms with van der Waals surface area (Å²) < 4.78 is 24.6. The van der Waals surface area contributed by atoms with Crippen molar-refractivity contribution in [3.8, 4) is 17.6 Å². The monoisotopic (exact) mass is 278 g/mol. The summed E-state index contributed by atoms with van der Waals surface area (Å²) >= 11 is 0. The van der Waals surface area contributed by atoms with Crippen LogP contribution in [0.3, 0.4) is 0 Å². The maximum Gasteiger partial charge on any atom is 0.165 e. The summed E-state index contributed by atoms with van der Waals surface area (Å²) in [6, 6.07) is 4.55. The Morgan fingerprint density at radius 2 is 2.35 bits per heavy atom. The van der Waals surface area contributed by atoms with Crippen LogP contribution in [0.1, 0.15) is 31.2 Å². The third kappa shape index (κ3) is 4.52. The average molecular weight is 278 g/mol. The Kier molecular flexibility index (Phi) is 5.85. The van der Waals surface area contributed by atoms with Crippen molar-refractivity contribution in [2.75, 3.05) is 19.8 Å². The summed E-state index contributed by atoms with van der Waals surface area (Å²) in [6.45, 7) is 1.28. The van der Waals surface area contributed by atoms with Crippen molar-refractivity contribution >= 4 is 0 Å². The molecule has 1 fully saturated rings. The Bertz CT molecular complexity index is 484. The van der Waals surface area contributed by atoms with E-state index in [-0.39, 0.29) is 24.3 Å². The van der Waals surface area contributed by atoms with E-state index in [1.165, 1.54) is 6.07 Å². The topological polar surface area (TPSA) is 38.7 Å². The van der Waals surface area contributed by atoms with Gasteiger partial charge in [-0.15, -0.1) is 0 Å². The fourth-order valence-corrected chi connectivity index (χ4v) is 2.08. The summed E-state index contributed by atoms with van der Waals surface area (Å²) in [7, 11) is 0. The lowest BCUT2D eigenvalue weighted by Crippen LogP contribution is -2.11. The van der Waals surface area contributed by atoms with Crippen molar-refractivity contribution in [3.05, 3.63) is 29.6 Å². The molecule has 0 spiro atoms. The molecule has 1 unspecified atom stereocenters. The molecule has 20 heavy (non-hydrogen) atoms. The number of hydrogen-bond donors (Lipinski definition) is 1. The molecule has 2 rings (SSSR count). The number of halogens is 1. The predicted octanol–water partition coefficient (Wildman–Crippen LogP) is 2.51. The van der Waals surface area contributed by atoms with Crippen molar-refractivity contribution < 1.29 is 19.0 Å². The smallest absolute Gasteiger partial charge is 0.165 e. The van der Waals surface area contributed by atoms with Gasteiger partial charge in [0.05, 0.1) is 19.3 Å². The molecule has 0 saturated carbocycles. The van der Waals surface area contributed by atoms with E-state index in [4.69, 9.17) is 14.6 Å². The molecular weight excluding hydrogens is 259 g/mol. The van der Waals surface area contributed by atoms with Gasteiger partial charge >= 0.3 is 0 Å². The van der Waals surface area contributed by atoms with Crippen LogP contribution in [0.4, 0.5) is 4.39 Å². The molecule has 1 atom stereocenters. The van der Waals surface area contributed by atoms with Gasteiger partial charge in [-0.05, 0) is 31.0 Å². The SMILES string of the molecule is OCCC#Cc1ccc(F)c(OCCC2CCCO2)c1. The largest absolute Gasteiger partial charge is 0.490 e. The summed E-state index contributed by atoms with van der Waals surface area (Å²) in [5.74, 6) is 5.50. The van der Waals surface area contributed by atoms with E-state index in [1.54, 1.807) is 12.1 Å². The zero-order valence-electron chi connectivity index (χ0n) is 11.4. The molecule has 3 nitrogen and oxygen atoms in total. The maximum atomic E-state index is 13.6. The molecule has 0 bridgehead atoms. The van der Waals surface area contributed by atoms with Crippen molar-refractivity contribution in [1.29, 1.82) is 0 Å². The molecule has 1 aromatic carbocycles. The lowest BCUT2D eigenvalue weighted by molar-refractivity contribution is 0.0897. The van der Waals surface area contributed by atoms with Gasteiger partial charge in [-0.2, -0.15) is 0 Å². The van der Waals surface area contributed by atoms with Gasteiger partial charge in [-0.3, -0.25) is 0 Å². The summed E-state index contributed by atoms with van der Waals surface area (Å²) in [4.78, 5) is 0. The maximum absolute atomic E-state index is 13.6. The van der Waals surface area contributed by atoms with Crippen molar-refractivity contribution in [2.45, 2.75) is 31.8 Å². The first-order valence-electron chi connectivity index (χ1n) is 6.93. The number of benzene rings is 1. The second-order valence-electron chi connectivity index (χ2n) is 4.69. The number of aliphatic hydroxyl groups excluding tert-OH is 1. The quantitative estimate of drug-likeness (QED) is 0.841. The molecule has 1 saturated heterocycles. The zero-order valence-corrected chi connectivity index (χ0v) is 11.4. The fraction of sp³-hybridized carbons (Fsp3) is 0.500. The van der Waals surface area contributed by atoms with E-state index >= 15 is 0 Å². The molecule has 0 aliphatic carbocycles. The van der Waals surface area contributed by atoms with Gasteiger partial charge in [-0.1, -0.05) is 11.8 Å². The molecule has 0 amide bonds. The minimum Gasteiger partial charge on any atom is -0.490 e. The molecule has 0 aromatic heterocycles. The number of rotatable bonds is 5. The second kappa shape index (κ2) is 7.88. The first-order valence-corrected chi connectivity index (χ1v) is 6.93. The van der Waals surface area contributed by atoms with Crippen LogP contribution in [-0.4, -0.2) is 31.0 Å². The molecule has 108 valence electrons. The van der Waals surface area contributed by atoms with Gasteiger partial charge in [0.25, 0.3) is 0 Å². The Labute approximate surface area is 118 Å². The van der Waals surface area contributed by atoms with E-state index in [2.05, 4.69) is 11.8 Å². The minimum absolute atomic E-state index is 0.0267. The van der Waals surface area contributed by atoms with Crippen molar-refractivity contribution in [3.63, 3.8) is 0 Å². The van der Waals surface area contributed by atoms with E-state index in [1.807, 2.05) is 0 Å². The second-order valence-corrected chi connectivity index (χ2v) is 4.69. The standard InChI is InChI=1S/C16H19FO3/c17-15-7-6-13(4-1-2-9-18)12-16(15)20-11-8-14-5-3-10-19-14/h6-7,12,14,18H,2-3,5,8-11H2. The Morgan fingerprint density at radius 3 is 3.10 bits per heavy atom. The van der Waals surface area contributed by atoms with Crippen LogP contribution in [0, 0.1) is 17.7 Å². The molecule has 1 aromatic rings. The molecule has 1 aliphatic heterocycles. The van der Waals surface area contributed by atoms with E-state index in [0.717, 1.165) is 25.9 Å². The molecule has 1 heterocycles. The normalized spacial score (nSPS) is 17.6. The van der Waals surface area contributed by atoms with Crippen molar-refractivity contribution in [1.82, 2.24) is 0 Å². The molecule has 1 aliphatic rings. The van der Waals surface area contributed by atoms with Gasteiger partial charge in [0.1, 0.15) is 0 Å². The van der Waals surface area contributed by atoms with Crippen LogP contribution in [0.2, 0.25) is 0 Å². The molecule has 1 N–H and O–H groups in total. The van der Waals surface area contributed by atoms with Crippen LogP contribution < -0.4 is 4.74 Å². The van der Waals surface area contributed by atoms with Crippen LogP contribution in [-0.2, 0) is 4.74 Å². The first kappa shape index (κ1) is 14.8. The highest BCUT2D eigenvalue weighted by Gasteiger charge is 2.15. The van der Waals surface area contributed by atoms with Gasteiger partial charge < -0.3 is 14.6 Å². The van der Waals surface area contributed by atoms with E-state index in [0.29, 0.717) is 18.6 Å². The lowest BCUT2D eigenvalue weighted by Gasteiger charge is -2.11. The van der Waals surface area contributed by atoms with Crippen LogP contribution >= 0.6 is 0 Å². The van der Waals surface area contributed by atoms with Gasteiger partial charge in [0.2, 0.25) is 0 Å². The van der Waals surface area contributed by atoms with Crippen LogP contribution in [0.15, 0.2) is 18.2 Å². The van der Waals surface area contributed by atoms with Gasteiger partial charge in [-0.25, -0.2) is 4.39 Å². The van der Waals surface area contributed by atoms with Crippen molar-refractivity contribution in [2.24, 2.45) is 0 Å². The summed E-state index contributed by atoms with van der Waals surface area (Å²) in [6.07, 6.45) is 3.57. The Hall–Kier alpha value is -1.57. The predicted molar refractivity (Wildman–Crippen MR) is 74.1 cm³/mol. The summed E-state index contributed by atoms with van der Waals surface area (Å²) in [5, 5.41) is 8.66. The van der Waals surface area contributed by atoms with Crippen LogP contribution in [0.25, 0.3) is 0 Å². The highest BCUT2D eigenvalue weighted by atomic mass is 19.1. The van der Waals surface area contributed by atoms with E-state index in [9.17, 15) is 4.39 Å². The lowest BCUT2D eigenvalue weighted by atomic mass is 10.2. The highest BCUT2D eigenvalue weighted by Crippen LogP contribution is 2.20. The minimum atomic E-state index is -0.384. The molecule has 0 radical (unpaired) electrons. The third-order valence-corrected chi connectivity index (χ3v) is 3.12. The Morgan fingerprint density at radius 1 is 1.45 bits per heavy atom. The average Bonchev–Trinajstić information content (AvgIpc) is 2.95. The first-order chi connectivity index (χ1) is 9.79. The fourth-order valence-electron chi connectivity index (χ4n) is 2.08. The Balaban J connectivity index is 1.89. The van der Waals surface area contributed by atoms with Gasteiger partial charge in [0, 0.05) is 25.0 Å². The van der Waals surface area contributed by atoms with E-state index < -0.39 is 0 Å². The highest BCUT2D eigenvalue weighted by molar-refractivity contribution is 5.40. The molecule has 4 heteroatoms. The van der Waals surface area contributed by atoms with Crippen LogP contribution in [0.5, 0.6) is 5.75 Å². The molecular formula is C16H19FO3. The van der Waals surface area contributed by atoms with Gasteiger partial charge in [0.15, 0.2) is 11.6 Å². The number of ether oxygens (including phenoxy) is 2. The summed E-state index contributed by atoms with van der Waals surface area (Å²) in [5.41, 5.74) is 0.687. The number of aliphatic hydroxyl groups is 1.